The summed E-state index contributed by atoms with van der Waals surface area (Å²) in [7, 11) is 0. The van der Waals surface area contributed by atoms with Crippen LogP contribution in [0.3, 0.4) is 0 Å². The van der Waals surface area contributed by atoms with Crippen LogP contribution >= 0.6 is 11.3 Å². The van der Waals surface area contributed by atoms with Crippen molar-refractivity contribution in [2.24, 2.45) is 5.92 Å². The highest BCUT2D eigenvalue weighted by Crippen LogP contribution is 2.45. The molecule has 122 valence electrons. The van der Waals surface area contributed by atoms with Crippen molar-refractivity contribution in [2.45, 2.75) is 18.4 Å². The Morgan fingerprint density at radius 3 is 2.54 bits per heavy atom. The topological polar surface area (TPSA) is 49.3 Å². The second-order valence-electron chi connectivity index (χ2n) is 6.40. The molecule has 4 heteroatoms. The molecule has 1 saturated carbocycles. The standard InChI is InChI=1S/C20H19NO2S/c22-19(18-12-14-6-4-5-9-17(14)24-18)21-13-20(23,16-10-11-16)15-7-2-1-3-8-15/h1-9,12,16,23H,10-11,13H2,(H,21,22)/t20-/m1/s1. The SMILES string of the molecule is O=C(NC[C@@](O)(c1ccccc1)C1CC1)c1cc2ccccc2s1. The van der Waals surface area contributed by atoms with Gasteiger partial charge in [-0.3, -0.25) is 4.79 Å². The minimum atomic E-state index is -0.979. The number of fused-ring (bicyclic) bond motifs is 1. The molecule has 0 radical (unpaired) electrons. The molecule has 3 aromatic rings. The quantitative estimate of drug-likeness (QED) is 0.741. The number of aliphatic hydroxyl groups is 1. The number of hydrogen-bond donors (Lipinski definition) is 2. The van der Waals surface area contributed by atoms with Crippen molar-refractivity contribution in [1.29, 1.82) is 0 Å². The van der Waals surface area contributed by atoms with Crippen LogP contribution in [0.1, 0.15) is 28.1 Å². The van der Waals surface area contributed by atoms with Crippen LogP contribution in [0.4, 0.5) is 0 Å². The molecule has 2 N–H and O–H groups in total. The second-order valence-corrected chi connectivity index (χ2v) is 7.48. The Morgan fingerprint density at radius 2 is 1.83 bits per heavy atom. The molecule has 1 aliphatic carbocycles. The van der Waals surface area contributed by atoms with E-state index in [1.54, 1.807) is 0 Å². The summed E-state index contributed by atoms with van der Waals surface area (Å²) < 4.78 is 1.10. The van der Waals surface area contributed by atoms with Crippen LogP contribution < -0.4 is 5.32 Å². The Hall–Kier alpha value is -2.17. The number of rotatable bonds is 5. The van der Waals surface area contributed by atoms with Crippen LogP contribution in [0.2, 0.25) is 0 Å². The molecule has 2 aromatic carbocycles. The van der Waals surface area contributed by atoms with Crippen LogP contribution in [0.15, 0.2) is 60.7 Å². The molecular formula is C20H19NO2S. The van der Waals surface area contributed by atoms with Gasteiger partial charge >= 0.3 is 0 Å². The van der Waals surface area contributed by atoms with Gasteiger partial charge in [0.05, 0.1) is 11.4 Å². The number of thiophene rings is 1. The normalized spacial score (nSPS) is 16.7. The Balaban J connectivity index is 1.53. The van der Waals surface area contributed by atoms with Crippen LogP contribution in [0.25, 0.3) is 10.1 Å². The largest absolute Gasteiger partial charge is 0.383 e. The molecule has 24 heavy (non-hydrogen) atoms. The molecule has 0 bridgehead atoms. The third-order valence-corrected chi connectivity index (χ3v) is 5.81. The molecule has 1 atom stereocenters. The zero-order valence-electron chi connectivity index (χ0n) is 13.2. The van der Waals surface area contributed by atoms with Gasteiger partial charge < -0.3 is 10.4 Å². The first-order valence-electron chi connectivity index (χ1n) is 8.21. The number of hydrogen-bond acceptors (Lipinski definition) is 3. The molecule has 1 aromatic heterocycles. The summed E-state index contributed by atoms with van der Waals surface area (Å²) in [5.41, 5.74) is -0.0997. The van der Waals surface area contributed by atoms with E-state index in [-0.39, 0.29) is 18.4 Å². The van der Waals surface area contributed by atoms with Crippen molar-refractivity contribution in [3.63, 3.8) is 0 Å². The van der Waals surface area contributed by atoms with Gasteiger partial charge in [-0.15, -0.1) is 11.3 Å². The fraction of sp³-hybridized carbons (Fsp3) is 0.250. The third kappa shape index (κ3) is 2.83. The van der Waals surface area contributed by atoms with Gasteiger partial charge in [0, 0.05) is 4.70 Å². The van der Waals surface area contributed by atoms with Crippen LogP contribution in [-0.4, -0.2) is 17.6 Å². The van der Waals surface area contributed by atoms with E-state index in [0.29, 0.717) is 4.88 Å². The highest BCUT2D eigenvalue weighted by molar-refractivity contribution is 7.20. The molecular weight excluding hydrogens is 318 g/mol. The van der Waals surface area contributed by atoms with Gasteiger partial charge in [0.25, 0.3) is 5.91 Å². The fourth-order valence-corrected chi connectivity index (χ4v) is 4.14. The number of carbonyl (C=O) groups excluding carboxylic acids is 1. The number of amides is 1. The number of carbonyl (C=O) groups is 1. The van der Waals surface area contributed by atoms with Gasteiger partial charge in [0.2, 0.25) is 0 Å². The Labute approximate surface area is 144 Å². The lowest BCUT2D eigenvalue weighted by atomic mass is 9.88. The highest BCUT2D eigenvalue weighted by Gasteiger charge is 2.45. The van der Waals surface area contributed by atoms with E-state index < -0.39 is 5.60 Å². The monoisotopic (exact) mass is 337 g/mol. The predicted molar refractivity (Wildman–Crippen MR) is 97.2 cm³/mol. The summed E-state index contributed by atoms with van der Waals surface area (Å²) in [6.45, 7) is 0.245. The van der Waals surface area contributed by atoms with Crippen molar-refractivity contribution in [3.05, 3.63) is 71.1 Å². The van der Waals surface area contributed by atoms with E-state index in [1.165, 1.54) is 11.3 Å². The maximum Gasteiger partial charge on any atom is 0.261 e. The third-order valence-electron chi connectivity index (χ3n) is 4.69. The average molecular weight is 337 g/mol. The minimum Gasteiger partial charge on any atom is -0.383 e. The predicted octanol–water partition coefficient (Wildman–Crippen LogP) is 3.93. The first-order valence-corrected chi connectivity index (χ1v) is 9.03. The lowest BCUT2D eigenvalue weighted by Gasteiger charge is -2.29. The van der Waals surface area contributed by atoms with E-state index in [4.69, 9.17) is 0 Å². The maximum absolute atomic E-state index is 12.5. The van der Waals surface area contributed by atoms with Gasteiger partial charge in [-0.1, -0.05) is 48.5 Å². The lowest BCUT2D eigenvalue weighted by molar-refractivity contribution is 0.0135. The summed E-state index contributed by atoms with van der Waals surface area (Å²) in [6.07, 6.45) is 2.01. The smallest absolute Gasteiger partial charge is 0.261 e. The zero-order valence-corrected chi connectivity index (χ0v) is 14.1. The minimum absolute atomic E-state index is 0.119. The number of benzene rings is 2. The molecule has 1 aliphatic rings. The van der Waals surface area contributed by atoms with Crippen molar-refractivity contribution in [3.8, 4) is 0 Å². The van der Waals surface area contributed by atoms with Crippen molar-refractivity contribution >= 4 is 27.3 Å². The van der Waals surface area contributed by atoms with Crippen LogP contribution in [0, 0.1) is 5.92 Å². The Morgan fingerprint density at radius 1 is 1.12 bits per heavy atom. The van der Waals surface area contributed by atoms with Crippen molar-refractivity contribution in [2.75, 3.05) is 6.54 Å². The molecule has 1 amide bonds. The molecule has 4 rings (SSSR count). The van der Waals surface area contributed by atoms with E-state index in [9.17, 15) is 9.90 Å². The molecule has 0 saturated heterocycles. The van der Waals surface area contributed by atoms with E-state index >= 15 is 0 Å². The molecule has 0 unspecified atom stereocenters. The second kappa shape index (κ2) is 6.04. The number of nitrogens with one attached hydrogen (secondary N) is 1. The summed E-state index contributed by atoms with van der Waals surface area (Å²) in [6, 6.07) is 19.5. The fourth-order valence-electron chi connectivity index (χ4n) is 3.17. The zero-order chi connectivity index (χ0) is 16.6. The maximum atomic E-state index is 12.5. The van der Waals surface area contributed by atoms with Gasteiger partial charge in [0.15, 0.2) is 0 Å². The first-order chi connectivity index (χ1) is 11.7. The van der Waals surface area contributed by atoms with E-state index in [2.05, 4.69) is 5.32 Å². The van der Waals surface area contributed by atoms with Gasteiger partial charge in [0.1, 0.15) is 5.60 Å². The summed E-state index contributed by atoms with van der Waals surface area (Å²) >= 11 is 1.48. The molecule has 3 nitrogen and oxygen atoms in total. The van der Waals surface area contributed by atoms with Gasteiger partial charge in [-0.05, 0) is 41.8 Å². The summed E-state index contributed by atoms with van der Waals surface area (Å²) in [4.78, 5) is 13.2. The Kier molecular flexibility index (Phi) is 3.87. The van der Waals surface area contributed by atoms with Crippen LogP contribution in [-0.2, 0) is 5.60 Å². The van der Waals surface area contributed by atoms with Crippen LogP contribution in [0.5, 0.6) is 0 Å². The van der Waals surface area contributed by atoms with E-state index in [0.717, 1.165) is 28.5 Å². The summed E-state index contributed by atoms with van der Waals surface area (Å²) in [5.74, 6) is 0.105. The average Bonchev–Trinajstić information content (AvgIpc) is 3.39. The highest BCUT2D eigenvalue weighted by atomic mass is 32.1. The molecule has 0 aliphatic heterocycles. The molecule has 0 spiro atoms. The van der Waals surface area contributed by atoms with Crippen molar-refractivity contribution < 1.29 is 9.90 Å². The van der Waals surface area contributed by atoms with Gasteiger partial charge in [-0.2, -0.15) is 0 Å². The first kappa shape index (κ1) is 15.4. The molecule has 1 heterocycles. The van der Waals surface area contributed by atoms with Gasteiger partial charge in [-0.25, -0.2) is 0 Å². The molecule has 1 fully saturated rings. The Bertz CT molecular complexity index is 836. The van der Waals surface area contributed by atoms with Crippen molar-refractivity contribution in [1.82, 2.24) is 5.32 Å². The van der Waals surface area contributed by atoms with E-state index in [1.807, 2.05) is 60.7 Å². The lowest BCUT2D eigenvalue weighted by Crippen LogP contribution is -2.42. The summed E-state index contributed by atoms with van der Waals surface area (Å²) in [5, 5.41) is 15.2.